The number of hydrogen-bond donors (Lipinski definition) is 3. The summed E-state index contributed by atoms with van der Waals surface area (Å²) in [4.78, 5) is 37.1. The lowest BCUT2D eigenvalue weighted by atomic mass is 9.96. The van der Waals surface area contributed by atoms with Crippen LogP contribution in [0.5, 0.6) is 0 Å². The van der Waals surface area contributed by atoms with E-state index in [1.807, 2.05) is 60.7 Å². The second-order valence-electron chi connectivity index (χ2n) is 14.7. The van der Waals surface area contributed by atoms with Gasteiger partial charge in [-0.1, -0.05) is 116 Å². The number of imidazole rings is 1. The first-order valence-electron chi connectivity index (χ1n) is 17.8. The number of ether oxygens (including phenoxy) is 3. The van der Waals surface area contributed by atoms with Crippen LogP contribution in [0.4, 0.5) is 5.95 Å². The van der Waals surface area contributed by atoms with E-state index in [4.69, 9.17) is 18.6 Å². The monoisotopic (exact) mass is 719 g/mol. The van der Waals surface area contributed by atoms with Gasteiger partial charge in [0.25, 0.3) is 5.56 Å². The highest BCUT2D eigenvalue weighted by Gasteiger charge is 2.59. The number of aliphatic hydroxyl groups excluding tert-OH is 1. The summed E-state index contributed by atoms with van der Waals surface area (Å²) in [6.07, 6.45) is -1.84. The van der Waals surface area contributed by atoms with Gasteiger partial charge in [-0.25, -0.2) is 4.98 Å². The smallest absolute Gasteiger partial charge is 0.280 e. The number of benzene rings is 2. The molecular weight excluding hydrogens is 667 g/mol. The summed E-state index contributed by atoms with van der Waals surface area (Å²) in [5, 5.41) is 14.9. The van der Waals surface area contributed by atoms with E-state index in [0.717, 1.165) is 11.1 Å². The lowest BCUT2D eigenvalue weighted by Gasteiger charge is -2.45. The summed E-state index contributed by atoms with van der Waals surface area (Å²) in [7, 11) is -2.45. The highest BCUT2D eigenvalue weighted by Crippen LogP contribution is 2.46. The molecule has 12 nitrogen and oxygen atoms in total. The first kappa shape index (κ1) is 38.5. The number of aliphatic hydroxyl groups is 1. The average molecular weight is 720 g/mol. The first-order chi connectivity index (χ1) is 24.3. The predicted molar refractivity (Wildman–Crippen MR) is 199 cm³/mol. The molecule has 4 atom stereocenters. The van der Waals surface area contributed by atoms with Gasteiger partial charge in [0.05, 0.1) is 32.8 Å². The average Bonchev–Trinajstić information content (AvgIpc) is 3.63. The number of H-pyrrole nitrogens is 1. The summed E-state index contributed by atoms with van der Waals surface area (Å²) in [6.45, 7) is 17.5. The largest absolute Gasteiger partial charge is 0.413 e. The van der Waals surface area contributed by atoms with Crippen LogP contribution in [0.2, 0.25) is 16.6 Å². The molecule has 1 fully saturated rings. The third kappa shape index (κ3) is 8.19. The normalized spacial score (nSPS) is 21.1. The number of fused-ring (bicyclic) bond motifs is 1. The second-order valence-corrected chi connectivity index (χ2v) is 20.2. The van der Waals surface area contributed by atoms with E-state index in [1.54, 1.807) is 13.8 Å². The topological polar surface area (TPSA) is 150 Å². The molecule has 1 saturated heterocycles. The zero-order valence-electron chi connectivity index (χ0n) is 31.0. The van der Waals surface area contributed by atoms with Crippen LogP contribution in [0.15, 0.2) is 71.8 Å². The number of amides is 1. The number of nitrogens with zero attached hydrogens (tertiary/aromatic N) is 3. The van der Waals surface area contributed by atoms with Gasteiger partial charge in [-0.05, 0) is 27.8 Å². The van der Waals surface area contributed by atoms with Crippen LogP contribution >= 0.6 is 0 Å². The van der Waals surface area contributed by atoms with E-state index in [9.17, 15) is 14.7 Å². The quantitative estimate of drug-likeness (QED) is 0.113. The number of nitrogens with one attached hydrogen (secondary N) is 2. The van der Waals surface area contributed by atoms with Gasteiger partial charge < -0.3 is 23.7 Å². The van der Waals surface area contributed by atoms with Gasteiger partial charge >= 0.3 is 0 Å². The van der Waals surface area contributed by atoms with E-state index < -0.39 is 37.9 Å². The molecule has 2 aromatic carbocycles. The molecule has 13 heteroatoms. The maximum absolute atomic E-state index is 13.1. The van der Waals surface area contributed by atoms with Crippen LogP contribution in [0.3, 0.4) is 0 Å². The number of carbonyl (C=O) groups excluding carboxylic acids is 1. The van der Waals surface area contributed by atoms with Crippen molar-refractivity contribution in [3.05, 3.63) is 88.5 Å². The molecule has 5 rings (SSSR count). The summed E-state index contributed by atoms with van der Waals surface area (Å²) in [5.74, 6) is -0.678. The summed E-state index contributed by atoms with van der Waals surface area (Å²) < 4.78 is 28.7. The Kier molecular flexibility index (Phi) is 12.3. The van der Waals surface area contributed by atoms with Crippen molar-refractivity contribution in [3.8, 4) is 0 Å². The van der Waals surface area contributed by atoms with Crippen molar-refractivity contribution >= 4 is 31.3 Å². The fraction of sp³-hybridized carbons (Fsp3) is 0.526. The third-order valence-corrected chi connectivity index (χ3v) is 16.0. The predicted octanol–water partition coefficient (Wildman–Crippen LogP) is 6.34. The highest BCUT2D eigenvalue weighted by molar-refractivity contribution is 6.77. The molecule has 1 aliphatic rings. The summed E-state index contributed by atoms with van der Waals surface area (Å²) in [6, 6.07) is 19.6. The Morgan fingerprint density at radius 1 is 0.941 bits per heavy atom. The molecule has 0 bridgehead atoms. The molecule has 1 aliphatic heterocycles. The molecule has 276 valence electrons. The minimum absolute atomic E-state index is 0.0281. The van der Waals surface area contributed by atoms with Crippen molar-refractivity contribution in [2.24, 2.45) is 5.92 Å². The number of aromatic amines is 1. The minimum atomic E-state index is -2.45. The van der Waals surface area contributed by atoms with Crippen LogP contribution in [0.25, 0.3) is 11.2 Å². The number of carbonyl (C=O) groups is 1. The van der Waals surface area contributed by atoms with E-state index in [2.05, 4.69) is 61.8 Å². The maximum atomic E-state index is 13.1. The molecule has 1 amide bonds. The van der Waals surface area contributed by atoms with Crippen LogP contribution < -0.4 is 10.9 Å². The van der Waals surface area contributed by atoms with Gasteiger partial charge in [-0.3, -0.25) is 24.5 Å². The Morgan fingerprint density at radius 2 is 1.53 bits per heavy atom. The van der Waals surface area contributed by atoms with E-state index in [1.165, 1.54) is 10.9 Å². The van der Waals surface area contributed by atoms with Crippen molar-refractivity contribution in [2.45, 2.75) is 109 Å². The Balaban J connectivity index is 1.59. The second kappa shape index (κ2) is 16.3. The highest BCUT2D eigenvalue weighted by atomic mass is 28.4. The fourth-order valence-electron chi connectivity index (χ4n) is 7.44. The van der Waals surface area contributed by atoms with Crippen molar-refractivity contribution < 1.29 is 28.5 Å². The van der Waals surface area contributed by atoms with Crippen molar-refractivity contribution in [3.63, 3.8) is 0 Å². The number of rotatable bonds is 16. The van der Waals surface area contributed by atoms with Crippen molar-refractivity contribution in [2.75, 3.05) is 18.5 Å². The first-order valence-corrected chi connectivity index (χ1v) is 20.0. The molecule has 0 aliphatic carbocycles. The Labute approximate surface area is 301 Å². The SMILES string of the molecule is CC(C)C(=O)Nc1nc2c(ncn2[C@@H]2O[C@@](COCc3ccccc3)(CO[Si](C(C)C)(C(C)C)C(C)C)[C@@H](OCc3ccccc3)[C@H]2O)c(=O)[nH]1. The van der Waals surface area contributed by atoms with Gasteiger partial charge in [0.1, 0.15) is 17.8 Å². The number of anilines is 1. The third-order valence-electron chi connectivity index (χ3n) is 9.95. The van der Waals surface area contributed by atoms with Gasteiger partial charge in [0.15, 0.2) is 25.7 Å². The van der Waals surface area contributed by atoms with E-state index in [-0.39, 0.29) is 48.8 Å². The van der Waals surface area contributed by atoms with Crippen LogP contribution in [-0.2, 0) is 36.6 Å². The van der Waals surface area contributed by atoms with Crippen molar-refractivity contribution in [1.29, 1.82) is 0 Å². The lowest BCUT2D eigenvalue weighted by molar-refractivity contribution is -0.172. The zero-order valence-corrected chi connectivity index (χ0v) is 32.0. The molecule has 51 heavy (non-hydrogen) atoms. The Bertz CT molecular complexity index is 1770. The molecule has 3 heterocycles. The van der Waals surface area contributed by atoms with Gasteiger partial charge in [0, 0.05) is 5.92 Å². The van der Waals surface area contributed by atoms with E-state index >= 15 is 0 Å². The van der Waals surface area contributed by atoms with Crippen LogP contribution in [0, 0.1) is 5.92 Å². The Hall–Kier alpha value is -3.72. The molecular formula is C38H53N5O7Si. The molecule has 2 aromatic heterocycles. The van der Waals surface area contributed by atoms with Gasteiger partial charge in [0.2, 0.25) is 11.9 Å². The molecule has 0 radical (unpaired) electrons. The van der Waals surface area contributed by atoms with Gasteiger partial charge in [-0.15, -0.1) is 0 Å². The van der Waals surface area contributed by atoms with Crippen LogP contribution in [-0.4, -0.2) is 69.9 Å². The summed E-state index contributed by atoms with van der Waals surface area (Å²) in [5.41, 5.74) is 1.14. The minimum Gasteiger partial charge on any atom is -0.413 e. The molecule has 3 N–H and O–H groups in total. The fourth-order valence-corrected chi connectivity index (χ4v) is 12.9. The van der Waals surface area contributed by atoms with Crippen molar-refractivity contribution in [1.82, 2.24) is 19.5 Å². The standard InChI is InChI=1S/C38H53N5O7Si/c1-24(2)34(45)41-37-40-33-30(35(46)42-37)39-23-43(33)36-31(44)32(48-20-29-17-13-10-14-18-29)38(50-36,21-47-19-28-15-11-9-12-16-28)22-49-51(25(3)4,26(5)6)27(7)8/h9-18,23-27,31-32,36,44H,19-22H2,1-8H3,(H2,40,41,42,45,46)/t31-,32+,36-,38+/m1/s1. The van der Waals surface area contributed by atoms with E-state index in [0.29, 0.717) is 23.2 Å². The molecule has 4 aromatic rings. The molecule has 0 saturated carbocycles. The summed E-state index contributed by atoms with van der Waals surface area (Å²) >= 11 is 0. The number of aromatic nitrogens is 4. The van der Waals surface area contributed by atoms with Gasteiger partial charge in [-0.2, -0.15) is 4.98 Å². The lowest BCUT2D eigenvalue weighted by Crippen LogP contribution is -2.57. The Morgan fingerprint density at radius 3 is 2.10 bits per heavy atom. The molecule has 0 unspecified atom stereocenters. The molecule has 0 spiro atoms. The number of hydrogen-bond acceptors (Lipinski definition) is 9. The van der Waals surface area contributed by atoms with Crippen LogP contribution in [0.1, 0.15) is 72.7 Å². The maximum Gasteiger partial charge on any atom is 0.280 e. The zero-order chi connectivity index (χ0) is 36.9.